The molecule has 3 heterocycles. The van der Waals surface area contributed by atoms with Crippen LogP contribution in [-0.2, 0) is 6.18 Å². The molecule has 7 heteroatoms. The fraction of sp³-hybridized carbons (Fsp3) is 0.478. The van der Waals surface area contributed by atoms with Crippen molar-refractivity contribution in [2.75, 3.05) is 0 Å². The van der Waals surface area contributed by atoms with Crippen LogP contribution in [-0.4, -0.2) is 19.5 Å². The molecule has 0 unspecified atom stereocenters. The third-order valence-electron chi connectivity index (χ3n) is 6.75. The highest BCUT2D eigenvalue weighted by Gasteiger charge is 2.35. The number of rotatable bonds is 4. The van der Waals surface area contributed by atoms with Gasteiger partial charge in [-0.15, -0.1) is 0 Å². The molecule has 0 saturated heterocycles. The first-order valence-electron chi connectivity index (χ1n) is 10.6. The molecule has 3 aromatic rings. The van der Waals surface area contributed by atoms with E-state index in [-0.39, 0.29) is 11.8 Å². The van der Waals surface area contributed by atoms with Gasteiger partial charge in [-0.25, -0.2) is 4.98 Å². The number of nitrogens with zero attached hydrogens (tertiary/aromatic N) is 3. The Morgan fingerprint density at radius 3 is 2.33 bits per heavy atom. The van der Waals surface area contributed by atoms with Gasteiger partial charge in [0.15, 0.2) is 0 Å². The summed E-state index contributed by atoms with van der Waals surface area (Å²) in [6.07, 6.45) is 7.70. The van der Waals surface area contributed by atoms with Crippen LogP contribution in [0, 0.1) is 5.92 Å². The van der Waals surface area contributed by atoms with Gasteiger partial charge in [0.05, 0.1) is 24.1 Å². The van der Waals surface area contributed by atoms with Crippen molar-refractivity contribution in [3.05, 3.63) is 65.5 Å². The topological polar surface area (TPSA) is 50.4 Å². The molecule has 4 nitrogen and oxygen atoms in total. The summed E-state index contributed by atoms with van der Waals surface area (Å²) in [5.41, 5.74) is 3.23. The maximum atomic E-state index is 12.7. The van der Waals surface area contributed by atoms with Crippen LogP contribution in [0.1, 0.15) is 78.8 Å². The van der Waals surface area contributed by atoms with Crippen LogP contribution in [0.4, 0.5) is 13.2 Å². The van der Waals surface area contributed by atoms with Gasteiger partial charge in [0.1, 0.15) is 5.69 Å². The van der Waals surface area contributed by atoms with Gasteiger partial charge in [0.25, 0.3) is 0 Å². The third-order valence-corrected chi connectivity index (χ3v) is 6.75. The van der Waals surface area contributed by atoms with Gasteiger partial charge in [-0.1, -0.05) is 6.07 Å². The molecule has 3 aromatic heterocycles. The summed E-state index contributed by atoms with van der Waals surface area (Å²) in [4.78, 5) is 7.86. The molecule has 0 aromatic carbocycles. The van der Waals surface area contributed by atoms with E-state index in [9.17, 15) is 18.3 Å². The Morgan fingerprint density at radius 1 is 0.967 bits per heavy atom. The summed E-state index contributed by atoms with van der Waals surface area (Å²) in [5.74, 6) is 0.864. The van der Waals surface area contributed by atoms with E-state index in [1.54, 1.807) is 12.4 Å². The van der Waals surface area contributed by atoms with Gasteiger partial charge in [0.2, 0.25) is 0 Å². The maximum absolute atomic E-state index is 12.7. The summed E-state index contributed by atoms with van der Waals surface area (Å²) in [5, 5.41) is 11.3. The minimum absolute atomic E-state index is 0.141. The van der Waals surface area contributed by atoms with E-state index < -0.39 is 18.0 Å². The van der Waals surface area contributed by atoms with Gasteiger partial charge in [0, 0.05) is 18.0 Å². The minimum Gasteiger partial charge on any atom is -0.388 e. The SMILES string of the molecule is O[C@@H](c1c(C2CC2)ccn2cncc12)C1CCC(c2ccc(C(F)(F)F)nc2)CC1. The molecule has 2 aliphatic carbocycles. The Bertz CT molecular complexity index is 1030. The number of aromatic nitrogens is 3. The smallest absolute Gasteiger partial charge is 0.388 e. The van der Waals surface area contributed by atoms with Crippen LogP contribution in [0.25, 0.3) is 5.52 Å². The fourth-order valence-electron chi connectivity index (χ4n) is 4.92. The molecular weight excluding hydrogens is 391 g/mol. The summed E-state index contributed by atoms with van der Waals surface area (Å²) < 4.78 is 40.2. The van der Waals surface area contributed by atoms with Crippen LogP contribution in [0.3, 0.4) is 0 Å². The van der Waals surface area contributed by atoms with Crippen molar-refractivity contribution < 1.29 is 18.3 Å². The number of aliphatic hydroxyl groups excluding tert-OH is 1. The molecule has 2 aliphatic rings. The summed E-state index contributed by atoms with van der Waals surface area (Å²) in [6, 6.07) is 4.73. The molecule has 0 radical (unpaired) electrons. The van der Waals surface area contributed by atoms with Crippen molar-refractivity contribution in [2.24, 2.45) is 5.92 Å². The molecule has 1 atom stereocenters. The second-order valence-corrected chi connectivity index (χ2v) is 8.68. The number of halogens is 3. The normalized spacial score (nSPS) is 23.6. The first-order chi connectivity index (χ1) is 14.4. The van der Waals surface area contributed by atoms with E-state index in [0.29, 0.717) is 5.92 Å². The van der Waals surface area contributed by atoms with E-state index in [0.717, 1.165) is 61.2 Å². The van der Waals surface area contributed by atoms with Gasteiger partial charge in [-0.2, -0.15) is 13.2 Å². The zero-order valence-electron chi connectivity index (χ0n) is 16.5. The fourth-order valence-corrected chi connectivity index (χ4v) is 4.92. The van der Waals surface area contributed by atoms with E-state index in [1.165, 1.54) is 11.8 Å². The molecule has 0 bridgehead atoms. The number of aliphatic hydroxyl groups is 1. The van der Waals surface area contributed by atoms with Crippen LogP contribution in [0.2, 0.25) is 0 Å². The number of pyridine rings is 2. The molecule has 1 N–H and O–H groups in total. The van der Waals surface area contributed by atoms with Gasteiger partial charge < -0.3 is 9.51 Å². The third kappa shape index (κ3) is 3.60. The van der Waals surface area contributed by atoms with Crippen molar-refractivity contribution in [3.63, 3.8) is 0 Å². The molecule has 5 rings (SSSR count). The average molecular weight is 415 g/mol. The van der Waals surface area contributed by atoms with Crippen molar-refractivity contribution in [3.8, 4) is 0 Å². The number of alkyl halides is 3. The first kappa shape index (κ1) is 19.5. The van der Waals surface area contributed by atoms with Crippen molar-refractivity contribution in [2.45, 2.75) is 62.6 Å². The lowest BCUT2D eigenvalue weighted by Gasteiger charge is -2.33. The van der Waals surface area contributed by atoms with Crippen LogP contribution >= 0.6 is 0 Å². The predicted octanol–water partition coefficient (Wildman–Crippen LogP) is 5.63. The van der Waals surface area contributed by atoms with Crippen LogP contribution in [0.5, 0.6) is 0 Å². The lowest BCUT2D eigenvalue weighted by molar-refractivity contribution is -0.141. The van der Waals surface area contributed by atoms with Crippen LogP contribution in [0.15, 0.2) is 43.1 Å². The van der Waals surface area contributed by atoms with Gasteiger partial charge in [-0.05, 0) is 79.5 Å². The maximum Gasteiger partial charge on any atom is 0.433 e. The highest BCUT2D eigenvalue weighted by Crippen LogP contribution is 2.48. The summed E-state index contributed by atoms with van der Waals surface area (Å²) >= 11 is 0. The van der Waals surface area contributed by atoms with Gasteiger partial charge >= 0.3 is 6.18 Å². The standard InChI is InChI=1S/C23H24F3N3O/c24-23(25,26)20-8-7-17(11-28-20)14-1-5-16(6-2-14)22(30)21-18(15-3-4-15)9-10-29-13-27-12-19(21)29/h7-16,22,30H,1-6H2/t14?,16?,22-/m1/s1. The Balaban J connectivity index is 1.32. The largest absolute Gasteiger partial charge is 0.433 e. The lowest BCUT2D eigenvalue weighted by atomic mass is 9.75. The van der Waals surface area contributed by atoms with E-state index in [4.69, 9.17) is 0 Å². The molecule has 2 fully saturated rings. The van der Waals surface area contributed by atoms with Crippen molar-refractivity contribution in [1.29, 1.82) is 0 Å². The number of hydrogen-bond donors (Lipinski definition) is 1. The summed E-state index contributed by atoms with van der Waals surface area (Å²) in [6.45, 7) is 0. The first-order valence-corrected chi connectivity index (χ1v) is 10.6. The Morgan fingerprint density at radius 2 is 1.70 bits per heavy atom. The highest BCUT2D eigenvalue weighted by atomic mass is 19.4. The summed E-state index contributed by atoms with van der Waals surface area (Å²) in [7, 11) is 0. The average Bonchev–Trinajstić information content (AvgIpc) is 3.48. The van der Waals surface area contributed by atoms with Crippen molar-refractivity contribution >= 4 is 5.52 Å². The van der Waals surface area contributed by atoms with E-state index in [2.05, 4.69) is 16.0 Å². The molecule has 158 valence electrons. The number of hydrogen-bond acceptors (Lipinski definition) is 3. The Labute approximate surface area is 172 Å². The van der Waals surface area contributed by atoms with E-state index in [1.807, 2.05) is 16.8 Å². The zero-order chi connectivity index (χ0) is 20.9. The van der Waals surface area contributed by atoms with Gasteiger partial charge in [-0.3, -0.25) is 4.98 Å². The molecule has 30 heavy (non-hydrogen) atoms. The molecule has 0 spiro atoms. The molecule has 0 amide bonds. The second kappa shape index (κ2) is 7.38. The number of imidazole rings is 1. The van der Waals surface area contributed by atoms with Crippen LogP contribution < -0.4 is 0 Å². The Kier molecular flexibility index (Phi) is 4.81. The number of fused-ring (bicyclic) bond motifs is 1. The monoisotopic (exact) mass is 415 g/mol. The molecule has 2 saturated carbocycles. The minimum atomic E-state index is -4.41. The predicted molar refractivity (Wildman–Crippen MR) is 106 cm³/mol. The van der Waals surface area contributed by atoms with E-state index >= 15 is 0 Å². The Hall–Kier alpha value is -2.41. The van der Waals surface area contributed by atoms with Crippen molar-refractivity contribution in [1.82, 2.24) is 14.4 Å². The quantitative estimate of drug-likeness (QED) is 0.601. The zero-order valence-corrected chi connectivity index (χ0v) is 16.5. The molecular formula is C23H24F3N3O. The highest BCUT2D eigenvalue weighted by molar-refractivity contribution is 5.59. The molecule has 0 aliphatic heterocycles. The lowest BCUT2D eigenvalue weighted by Crippen LogP contribution is -2.21. The second-order valence-electron chi connectivity index (χ2n) is 8.68.